The van der Waals surface area contributed by atoms with Crippen LogP contribution in [0, 0.1) is 0 Å². The second-order valence-electron chi connectivity index (χ2n) is 6.63. The molecule has 2 atom stereocenters. The summed E-state index contributed by atoms with van der Waals surface area (Å²) in [5, 5.41) is 0. The third kappa shape index (κ3) is 2.22. The number of hydrogen-bond acceptors (Lipinski definition) is 6. The molecule has 0 fully saturated rings. The van der Waals surface area contributed by atoms with Gasteiger partial charge in [0.2, 0.25) is 0 Å². The molecule has 7 nitrogen and oxygen atoms in total. The number of rotatable bonds is 5. The first-order chi connectivity index (χ1) is 13.0. The van der Waals surface area contributed by atoms with Gasteiger partial charge in [-0.25, -0.2) is 0 Å². The SMILES string of the molecule is CC1c2ccccc2C1(C(=O)NNNc1c(N)c(=O)c1=O)c1ccccc1. The Bertz CT molecular complexity index is 1100. The molecular formula is C20H18N4O3. The standard InChI is InChI=1S/C20H18N4O3/c1-11-13-9-5-6-10-14(13)20(11,12-7-3-2-4-8-12)19(27)23-24-22-16-15(21)17(25)18(16)26/h2-11,22,24H,21H2,1H3,(H,23,27). The Hall–Kier alpha value is -3.45. The minimum Gasteiger partial charge on any atom is -0.394 e. The fourth-order valence-corrected chi connectivity index (χ4v) is 3.96. The predicted octanol–water partition coefficient (Wildman–Crippen LogP) is 0.916. The molecule has 27 heavy (non-hydrogen) atoms. The molecule has 0 saturated carbocycles. The molecule has 1 amide bonds. The van der Waals surface area contributed by atoms with E-state index in [4.69, 9.17) is 5.73 Å². The summed E-state index contributed by atoms with van der Waals surface area (Å²) < 4.78 is 0. The molecule has 3 aromatic rings. The van der Waals surface area contributed by atoms with Crippen LogP contribution in [0.15, 0.2) is 64.2 Å². The van der Waals surface area contributed by atoms with Crippen LogP contribution in [0.3, 0.4) is 0 Å². The molecule has 0 bridgehead atoms. The Morgan fingerprint density at radius 1 is 1.00 bits per heavy atom. The van der Waals surface area contributed by atoms with Gasteiger partial charge in [0.15, 0.2) is 0 Å². The van der Waals surface area contributed by atoms with Gasteiger partial charge in [-0.2, -0.15) is 0 Å². The lowest BCUT2D eigenvalue weighted by molar-refractivity contribution is -0.127. The van der Waals surface area contributed by atoms with Gasteiger partial charge in [0.05, 0.1) is 0 Å². The van der Waals surface area contributed by atoms with Gasteiger partial charge in [-0.3, -0.25) is 25.2 Å². The summed E-state index contributed by atoms with van der Waals surface area (Å²) >= 11 is 0. The Morgan fingerprint density at radius 3 is 2.37 bits per heavy atom. The normalized spacial score (nSPS) is 20.6. The zero-order valence-electron chi connectivity index (χ0n) is 14.6. The van der Waals surface area contributed by atoms with Crippen LogP contribution in [0.25, 0.3) is 0 Å². The molecule has 0 saturated heterocycles. The van der Waals surface area contributed by atoms with Crippen molar-refractivity contribution in [2.24, 2.45) is 0 Å². The highest BCUT2D eigenvalue weighted by atomic mass is 16.2. The van der Waals surface area contributed by atoms with Crippen LogP contribution in [0.1, 0.15) is 29.5 Å². The number of nitrogens with two attached hydrogens (primary N) is 1. The molecule has 7 heteroatoms. The first-order valence-corrected chi connectivity index (χ1v) is 8.54. The maximum atomic E-state index is 13.2. The van der Waals surface area contributed by atoms with Crippen molar-refractivity contribution in [3.63, 3.8) is 0 Å². The molecule has 0 spiro atoms. The number of anilines is 2. The zero-order chi connectivity index (χ0) is 19.2. The van der Waals surface area contributed by atoms with E-state index in [2.05, 4.69) is 16.4 Å². The molecule has 0 aliphatic heterocycles. The number of fused-ring (bicyclic) bond motifs is 1. The number of nitrogen functional groups attached to an aromatic ring is 1. The second-order valence-corrected chi connectivity index (χ2v) is 6.63. The predicted molar refractivity (Wildman–Crippen MR) is 103 cm³/mol. The molecule has 3 aromatic carbocycles. The van der Waals surface area contributed by atoms with Crippen molar-refractivity contribution in [3.8, 4) is 0 Å². The zero-order valence-corrected chi connectivity index (χ0v) is 14.6. The van der Waals surface area contributed by atoms with Crippen LogP contribution in [0.2, 0.25) is 0 Å². The molecule has 5 N–H and O–H groups in total. The minimum atomic E-state index is -0.855. The van der Waals surface area contributed by atoms with E-state index in [1.165, 1.54) is 0 Å². The van der Waals surface area contributed by atoms with Gasteiger partial charge in [0.1, 0.15) is 16.8 Å². The summed E-state index contributed by atoms with van der Waals surface area (Å²) in [7, 11) is 0. The molecule has 1 aliphatic rings. The molecule has 0 radical (unpaired) electrons. The average molecular weight is 362 g/mol. The Morgan fingerprint density at radius 2 is 1.67 bits per heavy atom. The number of carbonyl (C=O) groups excluding carboxylic acids is 1. The lowest BCUT2D eigenvalue weighted by Crippen LogP contribution is -2.59. The van der Waals surface area contributed by atoms with Gasteiger partial charge in [-0.05, 0) is 16.7 Å². The van der Waals surface area contributed by atoms with Crippen molar-refractivity contribution in [3.05, 3.63) is 91.7 Å². The monoisotopic (exact) mass is 362 g/mol. The number of amides is 1. The molecule has 0 aromatic heterocycles. The summed E-state index contributed by atoms with van der Waals surface area (Å²) in [4.78, 5) is 35.8. The Kier molecular flexibility index (Phi) is 3.82. The van der Waals surface area contributed by atoms with Gasteiger partial charge in [-0.15, -0.1) is 5.53 Å². The molecule has 136 valence electrons. The fraction of sp³-hybridized carbons (Fsp3) is 0.150. The average Bonchev–Trinajstić information content (AvgIpc) is 2.71. The number of hydrogen-bond donors (Lipinski definition) is 4. The summed E-state index contributed by atoms with van der Waals surface area (Å²) in [6, 6.07) is 17.4. The van der Waals surface area contributed by atoms with E-state index in [0.29, 0.717) is 0 Å². The highest BCUT2D eigenvalue weighted by molar-refractivity contribution is 5.96. The van der Waals surface area contributed by atoms with E-state index < -0.39 is 16.3 Å². The van der Waals surface area contributed by atoms with Gasteiger partial charge < -0.3 is 5.73 Å². The number of carbonyl (C=O) groups is 1. The van der Waals surface area contributed by atoms with E-state index in [1.807, 2.05) is 61.5 Å². The summed E-state index contributed by atoms with van der Waals surface area (Å²) in [6.07, 6.45) is 0. The first-order valence-electron chi connectivity index (χ1n) is 8.54. The topological polar surface area (TPSA) is 113 Å². The highest BCUT2D eigenvalue weighted by Gasteiger charge is 2.55. The number of nitrogens with one attached hydrogen (secondary N) is 3. The second kappa shape index (κ2) is 6.07. The third-order valence-corrected chi connectivity index (χ3v) is 5.40. The lowest BCUT2D eigenvalue weighted by Gasteiger charge is -2.48. The molecular weight excluding hydrogens is 344 g/mol. The van der Waals surface area contributed by atoms with Gasteiger partial charge >= 0.3 is 0 Å². The van der Waals surface area contributed by atoms with Crippen LogP contribution < -0.4 is 33.0 Å². The summed E-state index contributed by atoms with van der Waals surface area (Å²) in [6.45, 7) is 2.01. The van der Waals surface area contributed by atoms with Crippen LogP contribution >= 0.6 is 0 Å². The summed E-state index contributed by atoms with van der Waals surface area (Å²) in [5.74, 6) is -0.307. The lowest BCUT2D eigenvalue weighted by atomic mass is 9.53. The Labute approximate surface area is 154 Å². The molecule has 0 heterocycles. The van der Waals surface area contributed by atoms with Crippen LogP contribution in [-0.4, -0.2) is 5.91 Å². The van der Waals surface area contributed by atoms with E-state index in [0.717, 1.165) is 16.7 Å². The quantitative estimate of drug-likeness (QED) is 0.396. The third-order valence-electron chi connectivity index (χ3n) is 5.40. The van der Waals surface area contributed by atoms with Crippen LogP contribution in [0.4, 0.5) is 11.4 Å². The van der Waals surface area contributed by atoms with E-state index >= 15 is 0 Å². The molecule has 1 aliphatic carbocycles. The molecule has 2 unspecified atom stereocenters. The molecule has 4 rings (SSSR count). The minimum absolute atomic E-state index is 0.0332. The van der Waals surface area contributed by atoms with Crippen LogP contribution in [0.5, 0.6) is 0 Å². The van der Waals surface area contributed by atoms with Crippen molar-refractivity contribution in [2.45, 2.75) is 18.3 Å². The maximum Gasteiger partial charge on any atom is 0.254 e. The van der Waals surface area contributed by atoms with Crippen molar-refractivity contribution in [1.29, 1.82) is 0 Å². The van der Waals surface area contributed by atoms with E-state index in [-0.39, 0.29) is 23.2 Å². The van der Waals surface area contributed by atoms with Crippen molar-refractivity contribution in [2.75, 3.05) is 11.2 Å². The van der Waals surface area contributed by atoms with E-state index in [9.17, 15) is 14.4 Å². The van der Waals surface area contributed by atoms with E-state index in [1.54, 1.807) is 0 Å². The van der Waals surface area contributed by atoms with Crippen molar-refractivity contribution < 1.29 is 4.79 Å². The largest absolute Gasteiger partial charge is 0.394 e. The summed E-state index contributed by atoms with van der Waals surface area (Å²) in [5.41, 5.74) is 13.5. The first kappa shape index (κ1) is 17.0. The maximum absolute atomic E-state index is 13.2. The van der Waals surface area contributed by atoms with Crippen molar-refractivity contribution in [1.82, 2.24) is 11.0 Å². The van der Waals surface area contributed by atoms with Gasteiger partial charge in [-0.1, -0.05) is 61.5 Å². The number of benzene rings is 2. The van der Waals surface area contributed by atoms with Crippen molar-refractivity contribution >= 4 is 17.3 Å². The van der Waals surface area contributed by atoms with Crippen LogP contribution in [-0.2, 0) is 10.2 Å². The van der Waals surface area contributed by atoms with Gasteiger partial charge in [0.25, 0.3) is 16.8 Å². The van der Waals surface area contributed by atoms with Gasteiger partial charge in [0, 0.05) is 5.92 Å². The number of hydrazine groups is 2. The Balaban J connectivity index is 1.62. The fourth-order valence-electron chi connectivity index (χ4n) is 3.96. The smallest absolute Gasteiger partial charge is 0.254 e. The highest BCUT2D eigenvalue weighted by Crippen LogP contribution is 2.55.